The van der Waals surface area contributed by atoms with Gasteiger partial charge in [-0.05, 0) is 48.8 Å². The molecule has 0 radical (unpaired) electrons. The third kappa shape index (κ3) is 5.19. The molecule has 0 aliphatic carbocycles. The molecule has 1 amide bonds. The van der Waals surface area contributed by atoms with Crippen LogP contribution in [-0.4, -0.2) is 44.3 Å². The lowest BCUT2D eigenvalue weighted by atomic mass is 10.2. The number of carbonyl (C=O) groups is 2. The predicted octanol–water partition coefficient (Wildman–Crippen LogP) is 5.66. The summed E-state index contributed by atoms with van der Waals surface area (Å²) in [5.41, 5.74) is 0.706. The summed E-state index contributed by atoms with van der Waals surface area (Å²) in [6.45, 7) is 0. The summed E-state index contributed by atoms with van der Waals surface area (Å²) in [5.74, 6) is 0.0793. The molecule has 5 nitrogen and oxygen atoms in total. The number of hydrogen-bond acceptors (Lipinski definition) is 6. The van der Waals surface area contributed by atoms with Crippen LogP contribution in [0, 0.1) is 0 Å². The highest BCUT2D eigenvalue weighted by Gasteiger charge is 2.40. The van der Waals surface area contributed by atoms with E-state index in [2.05, 4.69) is 0 Å². The fourth-order valence-corrected chi connectivity index (χ4v) is 5.07. The molecular formula is C19H15Cl2NO4S3. The van der Waals surface area contributed by atoms with E-state index in [0.717, 1.165) is 11.8 Å². The number of halogens is 2. The number of thiocarbonyl (C=S) groups is 1. The molecule has 1 aromatic heterocycles. The Morgan fingerprint density at radius 1 is 1.34 bits per heavy atom. The first-order chi connectivity index (χ1) is 13.8. The first-order valence-electron chi connectivity index (χ1n) is 8.35. The Labute approximate surface area is 191 Å². The summed E-state index contributed by atoms with van der Waals surface area (Å²) >= 11 is 19.9. The van der Waals surface area contributed by atoms with Gasteiger partial charge in [0.15, 0.2) is 0 Å². The van der Waals surface area contributed by atoms with E-state index in [9.17, 15) is 14.7 Å². The second-order valence-corrected chi connectivity index (χ2v) is 9.58. The van der Waals surface area contributed by atoms with Gasteiger partial charge in [-0.15, -0.1) is 0 Å². The summed E-state index contributed by atoms with van der Waals surface area (Å²) in [7, 11) is 0. The number of furan rings is 1. The molecule has 1 aromatic carbocycles. The van der Waals surface area contributed by atoms with Crippen molar-refractivity contribution in [1.29, 1.82) is 0 Å². The molecule has 2 heterocycles. The molecule has 1 fully saturated rings. The number of aliphatic carboxylic acids is 1. The number of benzene rings is 1. The highest BCUT2D eigenvalue weighted by Crippen LogP contribution is 2.36. The first kappa shape index (κ1) is 22.2. The number of nitrogens with zero attached hydrogens (tertiary/aromatic N) is 1. The molecule has 0 unspecified atom stereocenters. The van der Waals surface area contributed by atoms with Crippen LogP contribution in [0.1, 0.15) is 12.2 Å². The molecule has 152 valence electrons. The van der Waals surface area contributed by atoms with E-state index in [4.69, 9.17) is 39.8 Å². The van der Waals surface area contributed by atoms with Gasteiger partial charge in [0.05, 0.1) is 4.91 Å². The minimum atomic E-state index is -1.07. The average Bonchev–Trinajstić information content (AvgIpc) is 3.21. The Balaban J connectivity index is 1.84. The van der Waals surface area contributed by atoms with Crippen molar-refractivity contribution in [3.8, 4) is 11.3 Å². The monoisotopic (exact) mass is 487 g/mol. The van der Waals surface area contributed by atoms with E-state index in [0.29, 0.717) is 44.2 Å². The van der Waals surface area contributed by atoms with Crippen molar-refractivity contribution in [3.63, 3.8) is 0 Å². The maximum atomic E-state index is 12.8. The standard InChI is InChI=1S/C19H15Cl2NO4S3/c1-28-5-4-14(18(24)25)22-17(23)16(29-19(22)27)9-13-2-3-15(26-13)10-6-11(20)8-12(21)7-10/h2-3,6-9,14H,4-5H2,1H3,(H,24,25)/b16-9-/t14-/m0/s1. The SMILES string of the molecule is CSCC[C@@H](C(=O)O)N1C(=O)/C(=C/c2ccc(-c3cc(Cl)cc(Cl)c3)o2)SC1=S. The number of carbonyl (C=O) groups excluding carboxylic acids is 1. The Kier molecular flexibility index (Phi) is 7.34. The van der Waals surface area contributed by atoms with Gasteiger partial charge in [-0.3, -0.25) is 9.69 Å². The number of thioether (sulfide) groups is 2. The van der Waals surface area contributed by atoms with Crippen molar-refractivity contribution >= 4 is 81.2 Å². The molecule has 10 heteroatoms. The molecule has 29 heavy (non-hydrogen) atoms. The zero-order valence-corrected chi connectivity index (χ0v) is 19.0. The molecule has 1 saturated heterocycles. The maximum absolute atomic E-state index is 12.8. The predicted molar refractivity (Wildman–Crippen MR) is 124 cm³/mol. The Morgan fingerprint density at radius 3 is 2.66 bits per heavy atom. The number of carboxylic acids is 1. The smallest absolute Gasteiger partial charge is 0.326 e. The van der Waals surface area contributed by atoms with Crippen molar-refractivity contribution < 1.29 is 19.1 Å². The van der Waals surface area contributed by atoms with Crippen LogP contribution in [0.4, 0.5) is 0 Å². The van der Waals surface area contributed by atoms with Crippen molar-refractivity contribution in [2.24, 2.45) is 0 Å². The van der Waals surface area contributed by atoms with Crippen LogP contribution in [-0.2, 0) is 9.59 Å². The van der Waals surface area contributed by atoms with Crippen LogP contribution in [0.5, 0.6) is 0 Å². The minimum absolute atomic E-state index is 0.225. The van der Waals surface area contributed by atoms with Gasteiger partial charge in [0.2, 0.25) is 0 Å². The highest BCUT2D eigenvalue weighted by molar-refractivity contribution is 8.26. The van der Waals surface area contributed by atoms with Crippen LogP contribution in [0.25, 0.3) is 17.4 Å². The molecule has 0 bridgehead atoms. The van der Waals surface area contributed by atoms with Crippen molar-refractivity contribution in [1.82, 2.24) is 4.90 Å². The van der Waals surface area contributed by atoms with Gasteiger partial charge in [0, 0.05) is 21.7 Å². The maximum Gasteiger partial charge on any atom is 0.326 e. The highest BCUT2D eigenvalue weighted by atomic mass is 35.5. The van der Waals surface area contributed by atoms with Crippen LogP contribution < -0.4 is 0 Å². The molecule has 1 N–H and O–H groups in total. The van der Waals surface area contributed by atoms with Gasteiger partial charge in [-0.2, -0.15) is 11.8 Å². The molecule has 3 rings (SSSR count). The van der Waals surface area contributed by atoms with E-state index in [-0.39, 0.29) is 4.32 Å². The summed E-state index contributed by atoms with van der Waals surface area (Å²) in [6.07, 6.45) is 3.75. The van der Waals surface area contributed by atoms with Crippen LogP contribution in [0.15, 0.2) is 39.7 Å². The first-order valence-corrected chi connectivity index (χ1v) is 11.7. The lowest BCUT2D eigenvalue weighted by Gasteiger charge is -2.22. The zero-order valence-electron chi connectivity index (χ0n) is 15.1. The quantitative estimate of drug-likeness (QED) is 0.398. The fraction of sp³-hybridized carbons (Fsp3) is 0.211. The van der Waals surface area contributed by atoms with Crippen molar-refractivity contribution in [3.05, 3.63) is 51.0 Å². The van der Waals surface area contributed by atoms with Gasteiger partial charge in [-0.1, -0.05) is 47.2 Å². The van der Waals surface area contributed by atoms with Gasteiger partial charge < -0.3 is 9.52 Å². The van der Waals surface area contributed by atoms with E-state index in [1.807, 2.05) is 6.26 Å². The second-order valence-electron chi connectivity index (χ2n) is 6.05. The average molecular weight is 488 g/mol. The largest absolute Gasteiger partial charge is 0.480 e. The summed E-state index contributed by atoms with van der Waals surface area (Å²) < 4.78 is 6.02. The lowest BCUT2D eigenvalue weighted by molar-refractivity contribution is -0.145. The number of rotatable bonds is 7. The van der Waals surface area contributed by atoms with E-state index >= 15 is 0 Å². The second kappa shape index (κ2) is 9.57. The molecule has 1 aliphatic heterocycles. The Hall–Kier alpha value is -1.45. The van der Waals surface area contributed by atoms with E-state index in [1.165, 1.54) is 16.7 Å². The molecule has 1 aliphatic rings. The van der Waals surface area contributed by atoms with Crippen LogP contribution in [0.2, 0.25) is 10.0 Å². The van der Waals surface area contributed by atoms with Crippen molar-refractivity contribution in [2.45, 2.75) is 12.5 Å². The van der Waals surface area contributed by atoms with Gasteiger partial charge >= 0.3 is 5.97 Å². The fourth-order valence-electron chi connectivity index (χ4n) is 2.75. The normalized spacial score (nSPS) is 16.7. The Bertz CT molecular complexity index is 985. The van der Waals surface area contributed by atoms with Gasteiger partial charge in [0.25, 0.3) is 5.91 Å². The molecule has 0 saturated carbocycles. The lowest BCUT2D eigenvalue weighted by Crippen LogP contribution is -2.44. The zero-order chi connectivity index (χ0) is 21.1. The molecular weight excluding hydrogens is 473 g/mol. The summed E-state index contributed by atoms with van der Waals surface area (Å²) in [5, 5.41) is 10.5. The van der Waals surface area contributed by atoms with Crippen molar-refractivity contribution in [2.75, 3.05) is 12.0 Å². The third-order valence-corrected chi connectivity index (χ3v) is 6.47. The van der Waals surface area contributed by atoms with E-state index < -0.39 is 17.9 Å². The summed E-state index contributed by atoms with van der Waals surface area (Å²) in [4.78, 5) is 25.9. The van der Waals surface area contributed by atoms with Crippen LogP contribution >= 0.6 is 58.9 Å². The third-order valence-electron chi connectivity index (χ3n) is 4.06. The number of carboxylic acid groups (broad SMARTS) is 1. The minimum Gasteiger partial charge on any atom is -0.480 e. The summed E-state index contributed by atoms with van der Waals surface area (Å²) in [6, 6.07) is 7.53. The molecule has 1 atom stereocenters. The van der Waals surface area contributed by atoms with Crippen LogP contribution in [0.3, 0.4) is 0 Å². The molecule has 0 spiro atoms. The molecule has 2 aromatic rings. The Morgan fingerprint density at radius 2 is 2.03 bits per heavy atom. The number of hydrogen-bond donors (Lipinski definition) is 1. The topological polar surface area (TPSA) is 70.8 Å². The van der Waals surface area contributed by atoms with Gasteiger partial charge in [0.1, 0.15) is 21.9 Å². The number of amides is 1. The van der Waals surface area contributed by atoms with E-state index in [1.54, 1.807) is 36.4 Å². The van der Waals surface area contributed by atoms with Gasteiger partial charge in [-0.25, -0.2) is 4.79 Å².